The van der Waals surface area contributed by atoms with E-state index in [0.717, 1.165) is 12.1 Å². The van der Waals surface area contributed by atoms with Crippen LogP contribution in [0.3, 0.4) is 0 Å². The van der Waals surface area contributed by atoms with Crippen LogP contribution in [-0.2, 0) is 16.6 Å². The Bertz CT molecular complexity index is 712. The van der Waals surface area contributed by atoms with Gasteiger partial charge in [0.2, 0.25) is 10.0 Å². The molecule has 0 radical (unpaired) electrons. The number of furan rings is 1. The lowest BCUT2D eigenvalue weighted by molar-refractivity contribution is 0.0956. The lowest BCUT2D eigenvalue weighted by atomic mass is 10.2. The molecule has 0 aliphatic rings. The molecule has 6 nitrogen and oxygen atoms in total. The summed E-state index contributed by atoms with van der Waals surface area (Å²) in [7, 11) is -3.53. The first kappa shape index (κ1) is 16.2. The predicted molar refractivity (Wildman–Crippen MR) is 78.1 cm³/mol. The van der Waals surface area contributed by atoms with E-state index in [0.29, 0.717) is 5.76 Å². The second-order valence-electron chi connectivity index (χ2n) is 4.48. The smallest absolute Gasteiger partial charge is 0.251 e. The Balaban J connectivity index is 1.77. The molecule has 118 valence electrons. The van der Waals surface area contributed by atoms with Gasteiger partial charge in [-0.1, -0.05) is 0 Å². The van der Waals surface area contributed by atoms with E-state index in [2.05, 4.69) is 10.0 Å². The van der Waals surface area contributed by atoms with Crippen LogP contribution < -0.4 is 10.0 Å². The summed E-state index contributed by atoms with van der Waals surface area (Å²) in [5, 5.41) is 2.46. The van der Waals surface area contributed by atoms with Gasteiger partial charge in [-0.25, -0.2) is 17.5 Å². The van der Waals surface area contributed by atoms with Crippen LogP contribution in [0.25, 0.3) is 0 Å². The molecular weight excluding hydrogens is 311 g/mol. The van der Waals surface area contributed by atoms with Gasteiger partial charge in [-0.2, -0.15) is 0 Å². The molecule has 0 aliphatic carbocycles. The Morgan fingerprint density at radius 1 is 1.18 bits per heavy atom. The lowest BCUT2D eigenvalue weighted by Crippen LogP contribution is -2.34. The van der Waals surface area contributed by atoms with E-state index in [4.69, 9.17) is 4.42 Å². The number of rotatable bonds is 7. The molecule has 1 amide bonds. The summed E-state index contributed by atoms with van der Waals surface area (Å²) < 4.78 is 43.6. The fourth-order valence-corrected chi connectivity index (χ4v) is 2.55. The van der Waals surface area contributed by atoms with Crippen molar-refractivity contribution in [3.05, 3.63) is 59.8 Å². The molecule has 2 rings (SSSR count). The summed E-state index contributed by atoms with van der Waals surface area (Å²) in [6.45, 7) is 0.00490. The summed E-state index contributed by atoms with van der Waals surface area (Å²) in [4.78, 5) is 11.7. The molecule has 22 heavy (non-hydrogen) atoms. The van der Waals surface area contributed by atoms with Crippen molar-refractivity contribution in [2.45, 2.75) is 6.54 Å². The predicted octanol–water partition coefficient (Wildman–Crippen LogP) is 1.27. The van der Waals surface area contributed by atoms with Crippen LogP contribution in [0.4, 0.5) is 4.39 Å². The van der Waals surface area contributed by atoms with Gasteiger partial charge in [0.1, 0.15) is 11.6 Å². The first-order valence-electron chi connectivity index (χ1n) is 6.50. The highest BCUT2D eigenvalue weighted by Gasteiger charge is 2.12. The SMILES string of the molecule is O=C(NCCS(=O)(=O)NCc1ccco1)c1ccc(F)cc1. The van der Waals surface area contributed by atoms with Crippen molar-refractivity contribution in [2.75, 3.05) is 12.3 Å². The maximum absolute atomic E-state index is 12.7. The number of carbonyl (C=O) groups is 1. The van der Waals surface area contributed by atoms with Gasteiger partial charge >= 0.3 is 0 Å². The van der Waals surface area contributed by atoms with Crippen LogP contribution in [0, 0.1) is 5.82 Å². The molecule has 0 atom stereocenters. The highest BCUT2D eigenvalue weighted by atomic mass is 32.2. The zero-order valence-electron chi connectivity index (χ0n) is 11.6. The van der Waals surface area contributed by atoms with E-state index in [1.54, 1.807) is 12.1 Å². The van der Waals surface area contributed by atoms with Gasteiger partial charge in [-0.05, 0) is 36.4 Å². The molecule has 1 aromatic carbocycles. The standard InChI is InChI=1S/C14H15FN2O4S/c15-12-5-3-11(4-6-12)14(18)16-7-9-22(19,20)17-10-13-2-1-8-21-13/h1-6,8,17H,7,9-10H2,(H,16,18). The van der Waals surface area contributed by atoms with Crippen LogP contribution in [-0.4, -0.2) is 26.6 Å². The number of sulfonamides is 1. The number of carbonyl (C=O) groups excluding carboxylic acids is 1. The van der Waals surface area contributed by atoms with Crippen LogP contribution >= 0.6 is 0 Å². The van der Waals surface area contributed by atoms with Gasteiger partial charge in [-0.3, -0.25) is 4.79 Å². The van der Waals surface area contributed by atoms with Gasteiger partial charge < -0.3 is 9.73 Å². The monoisotopic (exact) mass is 326 g/mol. The molecule has 0 fully saturated rings. The maximum atomic E-state index is 12.7. The molecule has 1 aromatic heterocycles. The summed E-state index contributed by atoms with van der Waals surface area (Å²) in [5.74, 6) is -0.665. The molecule has 0 aliphatic heterocycles. The van der Waals surface area contributed by atoms with Crippen molar-refractivity contribution in [3.63, 3.8) is 0 Å². The molecule has 2 aromatic rings. The average Bonchev–Trinajstić information content (AvgIpc) is 2.99. The molecule has 0 saturated heterocycles. The Morgan fingerprint density at radius 2 is 1.91 bits per heavy atom. The van der Waals surface area contributed by atoms with Gasteiger partial charge in [0.05, 0.1) is 18.6 Å². The largest absolute Gasteiger partial charge is 0.468 e. The topological polar surface area (TPSA) is 88.4 Å². The van der Waals surface area contributed by atoms with Gasteiger partial charge in [-0.15, -0.1) is 0 Å². The van der Waals surface area contributed by atoms with Crippen molar-refractivity contribution < 1.29 is 22.0 Å². The maximum Gasteiger partial charge on any atom is 0.251 e. The fraction of sp³-hybridized carbons (Fsp3) is 0.214. The van der Waals surface area contributed by atoms with E-state index in [1.165, 1.54) is 18.4 Å². The Labute approximate surface area is 127 Å². The number of hydrogen-bond donors (Lipinski definition) is 2. The highest BCUT2D eigenvalue weighted by molar-refractivity contribution is 7.89. The van der Waals surface area contributed by atoms with Crippen molar-refractivity contribution >= 4 is 15.9 Å². The van der Waals surface area contributed by atoms with Crippen LogP contribution in [0.2, 0.25) is 0 Å². The first-order chi connectivity index (χ1) is 10.5. The van der Waals surface area contributed by atoms with Gasteiger partial charge in [0.15, 0.2) is 0 Å². The highest BCUT2D eigenvalue weighted by Crippen LogP contribution is 2.02. The van der Waals surface area contributed by atoms with Crippen LogP contribution in [0.1, 0.15) is 16.1 Å². The number of nitrogens with one attached hydrogen (secondary N) is 2. The fourth-order valence-electron chi connectivity index (χ4n) is 1.67. The van der Waals surface area contributed by atoms with Crippen molar-refractivity contribution in [2.24, 2.45) is 0 Å². The van der Waals surface area contributed by atoms with E-state index >= 15 is 0 Å². The third-order valence-corrected chi connectivity index (χ3v) is 4.13. The zero-order chi connectivity index (χ0) is 16.0. The Kier molecular flexibility index (Phi) is 5.29. The molecule has 8 heteroatoms. The molecule has 1 heterocycles. The Hall–Kier alpha value is -2.19. The number of amides is 1. The minimum absolute atomic E-state index is 0.0519. The quantitative estimate of drug-likeness (QED) is 0.802. The average molecular weight is 326 g/mol. The van der Waals surface area contributed by atoms with Crippen LogP contribution in [0.15, 0.2) is 47.1 Å². The second-order valence-corrected chi connectivity index (χ2v) is 6.41. The summed E-state index contributed by atoms with van der Waals surface area (Å²) >= 11 is 0. The molecule has 2 N–H and O–H groups in total. The van der Waals surface area contributed by atoms with Crippen LogP contribution in [0.5, 0.6) is 0 Å². The van der Waals surface area contributed by atoms with Crippen molar-refractivity contribution in [1.29, 1.82) is 0 Å². The van der Waals surface area contributed by atoms with Gasteiger partial charge in [0, 0.05) is 12.1 Å². The van der Waals surface area contributed by atoms with E-state index in [9.17, 15) is 17.6 Å². The zero-order valence-corrected chi connectivity index (χ0v) is 12.4. The summed E-state index contributed by atoms with van der Waals surface area (Å²) in [6.07, 6.45) is 1.45. The van der Waals surface area contributed by atoms with E-state index in [1.807, 2.05) is 0 Å². The third-order valence-electron chi connectivity index (χ3n) is 2.81. The van der Waals surface area contributed by atoms with E-state index in [-0.39, 0.29) is 24.4 Å². The van der Waals surface area contributed by atoms with Gasteiger partial charge in [0.25, 0.3) is 5.91 Å². The van der Waals surface area contributed by atoms with Crippen molar-refractivity contribution in [3.8, 4) is 0 Å². The molecule has 0 spiro atoms. The first-order valence-corrected chi connectivity index (χ1v) is 8.15. The number of halogens is 1. The molecule has 0 saturated carbocycles. The molecule has 0 bridgehead atoms. The lowest BCUT2D eigenvalue weighted by Gasteiger charge is -2.07. The number of benzene rings is 1. The van der Waals surface area contributed by atoms with E-state index < -0.39 is 21.7 Å². The third kappa shape index (κ3) is 4.97. The minimum Gasteiger partial charge on any atom is -0.468 e. The second kappa shape index (κ2) is 7.19. The summed E-state index contributed by atoms with van der Waals surface area (Å²) in [6, 6.07) is 8.29. The minimum atomic E-state index is -3.53. The summed E-state index contributed by atoms with van der Waals surface area (Å²) in [5.41, 5.74) is 0.266. The number of hydrogen-bond acceptors (Lipinski definition) is 4. The molecular formula is C14H15FN2O4S. The molecule has 0 unspecified atom stereocenters. The normalized spacial score (nSPS) is 11.3. The van der Waals surface area contributed by atoms with Crippen molar-refractivity contribution in [1.82, 2.24) is 10.0 Å². The Morgan fingerprint density at radius 3 is 2.55 bits per heavy atom.